The van der Waals surface area contributed by atoms with Crippen molar-refractivity contribution in [3.63, 3.8) is 0 Å². The van der Waals surface area contributed by atoms with Crippen molar-refractivity contribution in [2.24, 2.45) is 0 Å². The van der Waals surface area contributed by atoms with E-state index in [-0.39, 0.29) is 11.5 Å². The molecule has 118 valence electrons. The quantitative estimate of drug-likeness (QED) is 0.802. The van der Waals surface area contributed by atoms with E-state index in [9.17, 15) is 4.79 Å². The van der Waals surface area contributed by atoms with Crippen LogP contribution < -0.4 is 10.6 Å². The fourth-order valence-corrected chi connectivity index (χ4v) is 2.06. The van der Waals surface area contributed by atoms with E-state index in [1.165, 1.54) is 11.8 Å². The molecule has 5 nitrogen and oxygen atoms in total. The molecule has 0 fully saturated rings. The molecule has 2 aromatic rings. The van der Waals surface area contributed by atoms with Crippen molar-refractivity contribution in [2.45, 2.75) is 6.42 Å². The summed E-state index contributed by atoms with van der Waals surface area (Å²) < 4.78 is 0. The van der Waals surface area contributed by atoms with E-state index in [0.717, 1.165) is 6.42 Å². The van der Waals surface area contributed by atoms with Gasteiger partial charge in [0.15, 0.2) is 0 Å². The number of nitriles is 2. The molecule has 2 aromatic carbocycles. The number of hydrogen-bond donors (Lipinski definition) is 2. The molecule has 0 atom stereocenters. The summed E-state index contributed by atoms with van der Waals surface area (Å²) in [4.78, 5) is 12.2. The van der Waals surface area contributed by atoms with Gasteiger partial charge in [-0.1, -0.05) is 36.4 Å². The summed E-state index contributed by atoms with van der Waals surface area (Å²) in [5.41, 5.74) is 2.28. The molecule has 0 aromatic heterocycles. The van der Waals surface area contributed by atoms with Gasteiger partial charge in [-0.15, -0.1) is 0 Å². The molecule has 1 amide bonds. The van der Waals surface area contributed by atoms with Gasteiger partial charge in [-0.05, 0) is 30.2 Å². The Bertz CT molecular complexity index is 797. The lowest BCUT2D eigenvalue weighted by Crippen LogP contribution is -2.25. The number of nitrogens with one attached hydrogen (secondary N) is 2. The van der Waals surface area contributed by atoms with Gasteiger partial charge in [-0.3, -0.25) is 4.79 Å². The van der Waals surface area contributed by atoms with E-state index in [1.807, 2.05) is 30.3 Å². The van der Waals surface area contributed by atoms with Crippen molar-refractivity contribution in [3.05, 3.63) is 77.5 Å². The normalized spacial score (nSPS) is 9.25. The minimum absolute atomic E-state index is 0.0345. The molecule has 0 radical (unpaired) electrons. The molecule has 0 aliphatic heterocycles. The summed E-state index contributed by atoms with van der Waals surface area (Å²) in [6.45, 7) is 0.549. The van der Waals surface area contributed by atoms with Gasteiger partial charge in [0.2, 0.25) is 0 Å². The Morgan fingerprint density at radius 3 is 2.50 bits per heavy atom. The van der Waals surface area contributed by atoms with Gasteiger partial charge in [0.25, 0.3) is 5.91 Å². The predicted molar refractivity (Wildman–Crippen MR) is 91.9 cm³/mol. The Kier molecular flexibility index (Phi) is 6.14. The maximum absolute atomic E-state index is 12.2. The van der Waals surface area contributed by atoms with Crippen molar-refractivity contribution >= 4 is 11.6 Å². The van der Waals surface area contributed by atoms with E-state index in [2.05, 4.69) is 10.6 Å². The third-order valence-electron chi connectivity index (χ3n) is 3.29. The zero-order chi connectivity index (χ0) is 17.2. The summed E-state index contributed by atoms with van der Waals surface area (Å²) in [6.07, 6.45) is 2.08. The maximum Gasteiger partial charge on any atom is 0.251 e. The molecule has 0 unspecified atom stereocenters. The van der Waals surface area contributed by atoms with E-state index < -0.39 is 0 Å². The zero-order valence-electron chi connectivity index (χ0n) is 13.0. The van der Waals surface area contributed by atoms with Gasteiger partial charge in [0.1, 0.15) is 17.7 Å². The number of benzene rings is 2. The van der Waals surface area contributed by atoms with E-state index in [4.69, 9.17) is 10.5 Å². The number of anilines is 1. The molecule has 0 saturated carbocycles. The average molecular weight is 316 g/mol. The highest BCUT2D eigenvalue weighted by Gasteiger charge is 2.05. The highest BCUT2D eigenvalue weighted by atomic mass is 16.1. The van der Waals surface area contributed by atoms with E-state index in [0.29, 0.717) is 17.8 Å². The standard InChI is InChI=1S/C19H16N4O/c20-12-16(13-21)14-23-18-8-4-7-17(11-18)19(24)22-10-9-15-5-2-1-3-6-15/h1-8,11,14,23H,9-10H2,(H,22,24). The first-order valence-corrected chi connectivity index (χ1v) is 7.42. The fourth-order valence-electron chi connectivity index (χ4n) is 2.06. The molecule has 0 bridgehead atoms. The van der Waals surface area contributed by atoms with Crippen LogP contribution in [0.1, 0.15) is 15.9 Å². The monoisotopic (exact) mass is 316 g/mol. The molecule has 2 N–H and O–H groups in total. The molecular formula is C19H16N4O. The summed E-state index contributed by atoms with van der Waals surface area (Å²) in [6, 6.07) is 20.3. The summed E-state index contributed by atoms with van der Waals surface area (Å²) in [5, 5.41) is 23.1. The van der Waals surface area contributed by atoms with Crippen LogP contribution in [-0.2, 0) is 6.42 Å². The van der Waals surface area contributed by atoms with Gasteiger partial charge >= 0.3 is 0 Å². The third kappa shape index (κ3) is 5.01. The van der Waals surface area contributed by atoms with Gasteiger partial charge in [0.05, 0.1) is 0 Å². The maximum atomic E-state index is 12.2. The topological polar surface area (TPSA) is 88.7 Å². The van der Waals surface area contributed by atoms with Gasteiger partial charge in [0, 0.05) is 24.0 Å². The lowest BCUT2D eigenvalue weighted by molar-refractivity contribution is 0.0954. The Balaban J connectivity index is 1.93. The highest BCUT2D eigenvalue weighted by molar-refractivity contribution is 5.95. The Labute approximate surface area is 140 Å². The van der Waals surface area contributed by atoms with Crippen LogP contribution in [-0.4, -0.2) is 12.5 Å². The molecule has 0 saturated heterocycles. The first kappa shape index (κ1) is 16.8. The highest BCUT2D eigenvalue weighted by Crippen LogP contribution is 2.11. The molecule has 24 heavy (non-hydrogen) atoms. The Morgan fingerprint density at radius 1 is 1.04 bits per heavy atom. The number of nitrogens with zero attached hydrogens (tertiary/aromatic N) is 2. The fraction of sp³-hybridized carbons (Fsp3) is 0.105. The Morgan fingerprint density at radius 2 is 1.79 bits per heavy atom. The largest absolute Gasteiger partial charge is 0.360 e. The van der Waals surface area contributed by atoms with Crippen molar-refractivity contribution in [2.75, 3.05) is 11.9 Å². The average Bonchev–Trinajstić information content (AvgIpc) is 2.63. The van der Waals surface area contributed by atoms with Crippen LogP contribution in [0.4, 0.5) is 5.69 Å². The lowest BCUT2D eigenvalue weighted by atomic mass is 10.1. The van der Waals surface area contributed by atoms with Crippen molar-refractivity contribution in [1.82, 2.24) is 5.32 Å². The first-order chi connectivity index (χ1) is 11.7. The van der Waals surface area contributed by atoms with Crippen molar-refractivity contribution in [3.8, 4) is 12.1 Å². The Hall–Kier alpha value is -3.57. The molecule has 0 aliphatic carbocycles. The van der Waals surface area contributed by atoms with Gasteiger partial charge in [-0.25, -0.2) is 0 Å². The van der Waals surface area contributed by atoms with Crippen molar-refractivity contribution < 1.29 is 4.79 Å². The van der Waals surface area contributed by atoms with E-state index >= 15 is 0 Å². The molecule has 5 heteroatoms. The van der Waals surface area contributed by atoms with Crippen LogP contribution in [0, 0.1) is 22.7 Å². The van der Waals surface area contributed by atoms with Crippen LogP contribution in [0.15, 0.2) is 66.4 Å². The second kappa shape index (κ2) is 8.77. The predicted octanol–water partition coefficient (Wildman–Crippen LogP) is 3.00. The van der Waals surface area contributed by atoms with Crippen LogP contribution in [0.2, 0.25) is 0 Å². The number of carbonyl (C=O) groups is 1. The molecule has 2 rings (SSSR count). The van der Waals surface area contributed by atoms with Crippen LogP contribution in [0.3, 0.4) is 0 Å². The summed E-state index contributed by atoms with van der Waals surface area (Å²) in [5.74, 6) is -0.167. The molecule has 0 spiro atoms. The lowest BCUT2D eigenvalue weighted by Gasteiger charge is -2.07. The van der Waals surface area contributed by atoms with Crippen LogP contribution in [0.25, 0.3) is 0 Å². The number of allylic oxidation sites excluding steroid dienone is 1. The molecule has 0 aliphatic rings. The second-order valence-corrected chi connectivity index (χ2v) is 5.00. The zero-order valence-corrected chi connectivity index (χ0v) is 13.0. The summed E-state index contributed by atoms with van der Waals surface area (Å²) >= 11 is 0. The van der Waals surface area contributed by atoms with Crippen molar-refractivity contribution in [1.29, 1.82) is 10.5 Å². The SMILES string of the molecule is N#CC(C#N)=CNc1cccc(C(=O)NCCc2ccccc2)c1. The van der Waals surface area contributed by atoms with Gasteiger partial charge < -0.3 is 10.6 Å². The first-order valence-electron chi connectivity index (χ1n) is 7.42. The smallest absolute Gasteiger partial charge is 0.251 e. The van der Waals surface area contributed by atoms with E-state index in [1.54, 1.807) is 36.4 Å². The molecule has 0 heterocycles. The van der Waals surface area contributed by atoms with Gasteiger partial charge in [-0.2, -0.15) is 10.5 Å². The number of hydrogen-bond acceptors (Lipinski definition) is 4. The summed E-state index contributed by atoms with van der Waals surface area (Å²) in [7, 11) is 0. The number of carbonyl (C=O) groups excluding carboxylic acids is 1. The number of amides is 1. The van der Waals surface area contributed by atoms with Crippen LogP contribution >= 0.6 is 0 Å². The minimum atomic E-state index is -0.167. The van der Waals surface area contributed by atoms with Crippen LogP contribution in [0.5, 0.6) is 0 Å². The third-order valence-corrected chi connectivity index (χ3v) is 3.29. The molecular weight excluding hydrogens is 300 g/mol. The minimum Gasteiger partial charge on any atom is -0.360 e. The number of rotatable bonds is 6. The second-order valence-electron chi connectivity index (χ2n) is 5.00.